The number of rotatable bonds is 8. The Labute approximate surface area is 153 Å². The van der Waals surface area contributed by atoms with E-state index in [-0.39, 0.29) is 5.57 Å². The highest BCUT2D eigenvalue weighted by atomic mass is 16.5. The molecule has 0 unspecified atom stereocenters. The minimum absolute atomic E-state index is 0.00558. The molecule has 1 N–H and O–H groups in total. The second-order valence-electron chi connectivity index (χ2n) is 5.35. The lowest BCUT2D eigenvalue weighted by molar-refractivity contribution is -0.116. The molecule has 0 aliphatic carbocycles. The van der Waals surface area contributed by atoms with Gasteiger partial charge in [0.25, 0.3) is 5.91 Å². The zero-order chi connectivity index (χ0) is 18.8. The lowest BCUT2D eigenvalue weighted by Crippen LogP contribution is -2.24. The Morgan fingerprint density at radius 3 is 2.65 bits per heavy atom. The predicted octanol–water partition coefficient (Wildman–Crippen LogP) is 3.48. The van der Waals surface area contributed by atoms with E-state index in [2.05, 4.69) is 11.9 Å². The van der Waals surface area contributed by atoms with Crippen LogP contribution >= 0.6 is 0 Å². The number of ether oxygens (including phenoxy) is 2. The molecule has 0 aliphatic heterocycles. The second kappa shape index (κ2) is 9.70. The lowest BCUT2D eigenvalue weighted by atomic mass is 10.1. The average molecular weight is 348 g/mol. The minimum Gasteiger partial charge on any atom is -0.493 e. The summed E-state index contributed by atoms with van der Waals surface area (Å²) in [4.78, 5) is 12.0. The Balaban J connectivity index is 2.22. The van der Waals surface area contributed by atoms with Crippen molar-refractivity contribution < 1.29 is 14.3 Å². The fraction of sp³-hybridized carbons (Fsp3) is 0.143. The Hall–Kier alpha value is -3.52. The quantitative estimate of drug-likeness (QED) is 0.450. The van der Waals surface area contributed by atoms with Gasteiger partial charge in [0.15, 0.2) is 11.5 Å². The van der Waals surface area contributed by atoms with E-state index in [9.17, 15) is 10.1 Å². The highest BCUT2D eigenvalue weighted by Gasteiger charge is 2.10. The van der Waals surface area contributed by atoms with Crippen LogP contribution in [0, 0.1) is 11.3 Å². The maximum atomic E-state index is 12.0. The smallest absolute Gasteiger partial charge is 0.262 e. The van der Waals surface area contributed by atoms with E-state index in [0.29, 0.717) is 30.2 Å². The Morgan fingerprint density at radius 2 is 2.00 bits per heavy atom. The molecule has 0 radical (unpaired) electrons. The summed E-state index contributed by atoms with van der Waals surface area (Å²) in [5.74, 6) is 0.663. The zero-order valence-electron chi connectivity index (χ0n) is 14.6. The molecule has 0 aromatic heterocycles. The first-order valence-corrected chi connectivity index (χ1v) is 8.03. The van der Waals surface area contributed by atoms with Gasteiger partial charge in [-0.2, -0.15) is 5.26 Å². The summed E-state index contributed by atoms with van der Waals surface area (Å²) in [6.07, 6.45) is 3.06. The molecule has 0 spiro atoms. The number of methoxy groups -OCH3 is 1. The molecular weight excluding hydrogens is 328 g/mol. The van der Waals surface area contributed by atoms with Crippen molar-refractivity contribution in [2.24, 2.45) is 0 Å². The molecule has 0 fully saturated rings. The van der Waals surface area contributed by atoms with Crippen LogP contribution in [0.4, 0.5) is 0 Å². The molecule has 0 saturated heterocycles. The Kier molecular flexibility index (Phi) is 7.02. The van der Waals surface area contributed by atoms with Gasteiger partial charge in [-0.3, -0.25) is 4.79 Å². The van der Waals surface area contributed by atoms with Crippen LogP contribution in [0.3, 0.4) is 0 Å². The SMILES string of the molecule is C=CCNC(=O)/C(C#N)=C/c1ccc(OC)c(OCc2ccccc2)c1. The first-order valence-electron chi connectivity index (χ1n) is 8.03. The summed E-state index contributed by atoms with van der Waals surface area (Å²) < 4.78 is 11.2. The van der Waals surface area contributed by atoms with Crippen molar-refractivity contribution in [3.8, 4) is 17.6 Å². The Morgan fingerprint density at radius 1 is 1.23 bits per heavy atom. The molecule has 26 heavy (non-hydrogen) atoms. The third kappa shape index (κ3) is 5.25. The van der Waals surface area contributed by atoms with E-state index in [1.807, 2.05) is 36.4 Å². The van der Waals surface area contributed by atoms with Gasteiger partial charge in [0.2, 0.25) is 0 Å². The normalized spacial score (nSPS) is 10.5. The molecular formula is C21H20N2O3. The fourth-order valence-electron chi connectivity index (χ4n) is 2.21. The lowest BCUT2D eigenvalue weighted by Gasteiger charge is -2.11. The number of nitriles is 1. The van der Waals surface area contributed by atoms with Crippen molar-refractivity contribution in [1.82, 2.24) is 5.32 Å². The summed E-state index contributed by atoms with van der Waals surface area (Å²) in [6.45, 7) is 4.21. The molecule has 1 amide bonds. The Bertz CT molecular complexity index is 836. The van der Waals surface area contributed by atoms with Gasteiger partial charge in [-0.15, -0.1) is 6.58 Å². The number of hydrogen-bond donors (Lipinski definition) is 1. The predicted molar refractivity (Wildman–Crippen MR) is 101 cm³/mol. The molecule has 0 heterocycles. The van der Waals surface area contributed by atoms with Crippen molar-refractivity contribution in [2.75, 3.05) is 13.7 Å². The summed E-state index contributed by atoms with van der Waals surface area (Å²) in [5, 5.41) is 11.8. The molecule has 132 valence electrons. The van der Waals surface area contributed by atoms with Crippen molar-refractivity contribution in [2.45, 2.75) is 6.61 Å². The van der Waals surface area contributed by atoms with Crippen molar-refractivity contribution >= 4 is 12.0 Å². The van der Waals surface area contributed by atoms with E-state index in [1.165, 1.54) is 6.08 Å². The van der Waals surface area contributed by atoms with Crippen LogP contribution in [0.15, 0.2) is 66.8 Å². The van der Waals surface area contributed by atoms with Gasteiger partial charge in [-0.25, -0.2) is 0 Å². The molecule has 5 heteroatoms. The second-order valence-corrected chi connectivity index (χ2v) is 5.35. The minimum atomic E-state index is -0.449. The monoisotopic (exact) mass is 348 g/mol. The molecule has 0 saturated carbocycles. The fourth-order valence-corrected chi connectivity index (χ4v) is 2.21. The number of benzene rings is 2. The van der Waals surface area contributed by atoms with E-state index in [4.69, 9.17) is 9.47 Å². The van der Waals surface area contributed by atoms with Gasteiger partial charge in [0.05, 0.1) is 7.11 Å². The van der Waals surface area contributed by atoms with Gasteiger partial charge in [0.1, 0.15) is 18.2 Å². The van der Waals surface area contributed by atoms with Gasteiger partial charge >= 0.3 is 0 Å². The maximum Gasteiger partial charge on any atom is 0.262 e. The topological polar surface area (TPSA) is 71.4 Å². The van der Waals surface area contributed by atoms with E-state index < -0.39 is 5.91 Å². The van der Waals surface area contributed by atoms with E-state index in [1.54, 1.807) is 31.4 Å². The van der Waals surface area contributed by atoms with Crippen molar-refractivity contribution in [3.63, 3.8) is 0 Å². The standard InChI is InChI=1S/C21H20N2O3/c1-3-11-23-21(24)18(14-22)12-17-9-10-19(25-2)20(13-17)26-15-16-7-5-4-6-8-16/h3-10,12-13H,1,11,15H2,2H3,(H,23,24)/b18-12+. The van der Waals surface area contributed by atoms with Crippen LogP contribution in [0.25, 0.3) is 6.08 Å². The number of carbonyl (C=O) groups excluding carboxylic acids is 1. The van der Waals surface area contributed by atoms with Crippen LogP contribution in [0.1, 0.15) is 11.1 Å². The van der Waals surface area contributed by atoms with Gasteiger partial charge in [-0.1, -0.05) is 42.5 Å². The number of carbonyl (C=O) groups is 1. The largest absolute Gasteiger partial charge is 0.493 e. The summed E-state index contributed by atoms with van der Waals surface area (Å²) in [6, 6.07) is 16.9. The van der Waals surface area contributed by atoms with Crippen LogP contribution < -0.4 is 14.8 Å². The van der Waals surface area contributed by atoms with Crippen LogP contribution in [-0.4, -0.2) is 19.6 Å². The maximum absolute atomic E-state index is 12.0. The average Bonchev–Trinajstić information content (AvgIpc) is 2.69. The third-order valence-electron chi connectivity index (χ3n) is 3.51. The molecule has 2 rings (SSSR count). The summed E-state index contributed by atoms with van der Waals surface area (Å²) in [7, 11) is 1.56. The van der Waals surface area contributed by atoms with Gasteiger partial charge < -0.3 is 14.8 Å². The van der Waals surface area contributed by atoms with Gasteiger partial charge in [0, 0.05) is 6.54 Å². The highest BCUT2D eigenvalue weighted by molar-refractivity contribution is 6.01. The van der Waals surface area contributed by atoms with Crippen LogP contribution in [0.5, 0.6) is 11.5 Å². The van der Waals surface area contributed by atoms with E-state index in [0.717, 1.165) is 5.56 Å². The van der Waals surface area contributed by atoms with Gasteiger partial charge in [-0.05, 0) is 29.3 Å². The molecule has 0 aliphatic rings. The molecule has 2 aromatic rings. The van der Waals surface area contributed by atoms with Crippen molar-refractivity contribution in [3.05, 3.63) is 77.9 Å². The number of hydrogen-bond acceptors (Lipinski definition) is 4. The number of amides is 1. The summed E-state index contributed by atoms with van der Waals surface area (Å²) in [5.41, 5.74) is 1.70. The van der Waals surface area contributed by atoms with E-state index >= 15 is 0 Å². The molecule has 0 bridgehead atoms. The third-order valence-corrected chi connectivity index (χ3v) is 3.51. The number of nitrogens with one attached hydrogen (secondary N) is 1. The van der Waals surface area contributed by atoms with Crippen LogP contribution in [0.2, 0.25) is 0 Å². The van der Waals surface area contributed by atoms with Crippen molar-refractivity contribution in [1.29, 1.82) is 5.26 Å². The molecule has 0 atom stereocenters. The summed E-state index contributed by atoms with van der Waals surface area (Å²) >= 11 is 0. The number of nitrogens with zero attached hydrogens (tertiary/aromatic N) is 1. The highest BCUT2D eigenvalue weighted by Crippen LogP contribution is 2.29. The first kappa shape index (κ1) is 18.8. The zero-order valence-corrected chi connectivity index (χ0v) is 14.6. The molecule has 2 aromatic carbocycles. The van der Waals surface area contributed by atoms with Crippen LogP contribution in [-0.2, 0) is 11.4 Å². The first-order chi connectivity index (χ1) is 12.7. The molecule has 5 nitrogen and oxygen atoms in total.